The summed E-state index contributed by atoms with van der Waals surface area (Å²) >= 11 is 1.34. The van der Waals surface area contributed by atoms with E-state index in [0.717, 1.165) is 32.1 Å². The molecule has 2 aliphatic rings. The molecule has 3 rings (SSSR count). The third-order valence-corrected chi connectivity index (χ3v) is 5.42. The number of rotatable bonds is 7. The van der Waals surface area contributed by atoms with Gasteiger partial charge in [-0.2, -0.15) is 13.2 Å². The fraction of sp³-hybridized carbons (Fsp3) is 0.750. The van der Waals surface area contributed by atoms with Crippen molar-refractivity contribution in [2.24, 2.45) is 5.92 Å². The third kappa shape index (κ3) is 4.69. The molecule has 0 atom stereocenters. The summed E-state index contributed by atoms with van der Waals surface area (Å²) in [5.74, 6) is 0.311. The number of aromatic nitrogens is 1. The van der Waals surface area contributed by atoms with Crippen LogP contribution in [0, 0.1) is 5.92 Å². The number of carbonyl (C=O) groups is 1. The number of carbonyl (C=O) groups excluding carboxylic acids is 1. The quantitative estimate of drug-likeness (QED) is 0.741. The van der Waals surface area contributed by atoms with Crippen LogP contribution in [0.3, 0.4) is 0 Å². The lowest BCUT2D eigenvalue weighted by Crippen LogP contribution is -2.38. The molecule has 0 aromatic carbocycles. The molecule has 0 spiro atoms. The van der Waals surface area contributed by atoms with E-state index in [1.54, 1.807) is 10.3 Å². The molecule has 1 amide bonds. The topological polar surface area (TPSA) is 36.4 Å². The molecule has 2 saturated carbocycles. The van der Waals surface area contributed by atoms with Gasteiger partial charge in [0.1, 0.15) is 0 Å². The minimum atomic E-state index is -4.21. The highest BCUT2D eigenvalue weighted by Gasteiger charge is 2.35. The van der Waals surface area contributed by atoms with Crippen molar-refractivity contribution in [3.63, 3.8) is 0 Å². The Morgan fingerprint density at radius 3 is 2.54 bits per heavy atom. The maximum atomic E-state index is 12.8. The van der Waals surface area contributed by atoms with Gasteiger partial charge in [0.25, 0.3) is 0 Å². The van der Waals surface area contributed by atoms with Crippen LogP contribution in [-0.4, -0.2) is 41.1 Å². The largest absolute Gasteiger partial charge is 0.401 e. The van der Waals surface area contributed by atoms with Crippen LogP contribution in [0.1, 0.15) is 44.7 Å². The highest BCUT2D eigenvalue weighted by molar-refractivity contribution is 7.14. The lowest BCUT2D eigenvalue weighted by molar-refractivity contribution is -0.149. The van der Waals surface area contributed by atoms with E-state index in [0.29, 0.717) is 23.3 Å². The van der Waals surface area contributed by atoms with Crippen molar-refractivity contribution in [2.75, 3.05) is 18.0 Å². The molecular weight excluding hydrogens is 339 g/mol. The molecule has 0 radical (unpaired) electrons. The van der Waals surface area contributed by atoms with Crippen LogP contribution >= 0.6 is 11.3 Å². The van der Waals surface area contributed by atoms with Crippen LogP contribution in [-0.2, 0) is 11.3 Å². The summed E-state index contributed by atoms with van der Waals surface area (Å²) < 4.78 is 38.5. The molecule has 0 saturated heterocycles. The molecule has 2 aliphatic carbocycles. The zero-order valence-corrected chi connectivity index (χ0v) is 14.5. The van der Waals surface area contributed by atoms with Crippen molar-refractivity contribution in [3.8, 4) is 0 Å². The summed E-state index contributed by atoms with van der Waals surface area (Å²) in [6.45, 7) is 1.25. The molecule has 2 fully saturated rings. The fourth-order valence-corrected chi connectivity index (χ4v) is 4.00. The second kappa shape index (κ2) is 7.00. The van der Waals surface area contributed by atoms with Crippen molar-refractivity contribution in [1.82, 2.24) is 9.88 Å². The molecule has 134 valence electrons. The molecule has 0 bridgehead atoms. The van der Waals surface area contributed by atoms with Gasteiger partial charge in [-0.15, -0.1) is 11.3 Å². The van der Waals surface area contributed by atoms with E-state index in [1.165, 1.54) is 23.2 Å². The monoisotopic (exact) mass is 361 g/mol. The number of amides is 1. The minimum absolute atomic E-state index is 0.0555. The number of alkyl halides is 3. The fourth-order valence-electron chi connectivity index (χ4n) is 3.07. The van der Waals surface area contributed by atoms with Gasteiger partial charge in [-0.25, -0.2) is 4.98 Å². The zero-order chi connectivity index (χ0) is 17.3. The number of hydrogen-bond donors (Lipinski definition) is 0. The Bertz CT molecular complexity index is 581. The van der Waals surface area contributed by atoms with E-state index in [9.17, 15) is 18.0 Å². The van der Waals surface area contributed by atoms with E-state index in [2.05, 4.69) is 4.98 Å². The highest BCUT2D eigenvalue weighted by Crippen LogP contribution is 2.34. The van der Waals surface area contributed by atoms with E-state index in [-0.39, 0.29) is 18.5 Å². The molecular formula is C16H22F3N3OS. The van der Waals surface area contributed by atoms with Gasteiger partial charge in [0.15, 0.2) is 5.13 Å². The van der Waals surface area contributed by atoms with Gasteiger partial charge >= 0.3 is 6.18 Å². The van der Waals surface area contributed by atoms with Gasteiger partial charge in [0.05, 0.1) is 12.2 Å². The maximum Gasteiger partial charge on any atom is 0.401 e. The number of hydrogen-bond acceptors (Lipinski definition) is 4. The molecule has 0 N–H and O–H groups in total. The highest BCUT2D eigenvalue weighted by atomic mass is 32.1. The molecule has 24 heavy (non-hydrogen) atoms. The van der Waals surface area contributed by atoms with Gasteiger partial charge in [0.2, 0.25) is 5.91 Å². The second-order valence-corrected chi connectivity index (χ2v) is 7.66. The van der Waals surface area contributed by atoms with E-state index in [1.807, 2.05) is 0 Å². The Balaban J connectivity index is 1.66. The maximum absolute atomic E-state index is 12.8. The summed E-state index contributed by atoms with van der Waals surface area (Å²) in [7, 11) is 0. The first-order chi connectivity index (χ1) is 11.3. The lowest BCUT2D eigenvalue weighted by Gasteiger charge is -2.32. The number of thiazole rings is 1. The molecule has 0 unspecified atom stereocenters. The predicted octanol–water partition coefficient (Wildman–Crippen LogP) is 3.82. The number of anilines is 1. The van der Waals surface area contributed by atoms with Crippen molar-refractivity contribution in [3.05, 3.63) is 11.1 Å². The lowest BCUT2D eigenvalue weighted by atomic mass is 9.85. The summed E-state index contributed by atoms with van der Waals surface area (Å²) in [5, 5.41) is 2.38. The van der Waals surface area contributed by atoms with Crippen molar-refractivity contribution in [1.29, 1.82) is 0 Å². The summed E-state index contributed by atoms with van der Waals surface area (Å²) in [4.78, 5) is 19.3. The Kier molecular flexibility index (Phi) is 5.15. The number of halogens is 3. The van der Waals surface area contributed by atoms with Gasteiger partial charge in [-0.1, -0.05) is 6.42 Å². The Morgan fingerprint density at radius 2 is 2.04 bits per heavy atom. The Morgan fingerprint density at radius 1 is 1.33 bits per heavy atom. The van der Waals surface area contributed by atoms with Crippen LogP contribution in [0.4, 0.5) is 18.3 Å². The molecule has 1 aromatic heterocycles. The smallest absolute Gasteiger partial charge is 0.289 e. The van der Waals surface area contributed by atoms with Crippen LogP contribution in [0.5, 0.6) is 0 Å². The Labute approximate surface area is 143 Å². The van der Waals surface area contributed by atoms with E-state index < -0.39 is 12.7 Å². The molecule has 1 aromatic rings. The SMILES string of the molecule is CC(=O)N(c1nc(CN(CC2CCC2)CC(F)(F)F)cs1)C1CC1. The average Bonchev–Trinajstić information content (AvgIpc) is 3.12. The first-order valence-corrected chi connectivity index (χ1v) is 9.23. The van der Waals surface area contributed by atoms with Gasteiger partial charge in [0, 0.05) is 31.4 Å². The zero-order valence-electron chi connectivity index (χ0n) is 13.7. The van der Waals surface area contributed by atoms with Crippen LogP contribution < -0.4 is 4.90 Å². The predicted molar refractivity (Wildman–Crippen MR) is 87.0 cm³/mol. The van der Waals surface area contributed by atoms with Crippen LogP contribution in [0.15, 0.2) is 5.38 Å². The van der Waals surface area contributed by atoms with Crippen molar-refractivity contribution in [2.45, 2.75) is 57.8 Å². The van der Waals surface area contributed by atoms with Crippen LogP contribution in [0.25, 0.3) is 0 Å². The number of nitrogens with zero attached hydrogens (tertiary/aromatic N) is 3. The first-order valence-electron chi connectivity index (χ1n) is 8.35. The Hall–Kier alpha value is -1.15. The third-order valence-electron chi connectivity index (χ3n) is 4.53. The second-order valence-electron chi connectivity index (χ2n) is 6.82. The van der Waals surface area contributed by atoms with Gasteiger partial charge in [-0.3, -0.25) is 14.6 Å². The van der Waals surface area contributed by atoms with Crippen LogP contribution in [0.2, 0.25) is 0 Å². The summed E-state index contributed by atoms with van der Waals surface area (Å²) in [5.41, 5.74) is 0.616. The molecule has 8 heteroatoms. The normalized spacial score (nSPS) is 18.7. The first kappa shape index (κ1) is 17.7. The molecule has 4 nitrogen and oxygen atoms in total. The standard InChI is InChI=1S/C16H22F3N3OS/c1-11(23)22(14-5-6-14)15-20-13(9-24-15)8-21(10-16(17,18)19)7-12-3-2-4-12/h9,12,14H,2-8,10H2,1H3. The minimum Gasteiger partial charge on any atom is -0.289 e. The van der Waals surface area contributed by atoms with E-state index >= 15 is 0 Å². The molecule has 1 heterocycles. The van der Waals surface area contributed by atoms with Gasteiger partial charge < -0.3 is 0 Å². The summed E-state index contributed by atoms with van der Waals surface area (Å²) in [6, 6.07) is 0.211. The summed E-state index contributed by atoms with van der Waals surface area (Å²) in [6.07, 6.45) is 0.863. The molecule has 0 aliphatic heterocycles. The van der Waals surface area contributed by atoms with E-state index in [4.69, 9.17) is 0 Å². The average molecular weight is 361 g/mol. The van der Waals surface area contributed by atoms with Gasteiger partial charge in [-0.05, 0) is 31.6 Å². The van der Waals surface area contributed by atoms with Crippen molar-refractivity contribution < 1.29 is 18.0 Å². The van der Waals surface area contributed by atoms with Crippen molar-refractivity contribution >= 4 is 22.4 Å².